The van der Waals surface area contributed by atoms with Crippen LogP contribution >= 0.6 is 35.2 Å². The molecule has 0 aliphatic heterocycles. The van der Waals surface area contributed by atoms with Crippen LogP contribution in [0, 0.1) is 0 Å². The number of fused-ring (bicyclic) bond motifs is 1. The maximum absolute atomic E-state index is 12.3. The topological polar surface area (TPSA) is 54.0 Å². The van der Waals surface area contributed by atoms with E-state index in [1.165, 1.54) is 0 Å². The van der Waals surface area contributed by atoms with Crippen LogP contribution in [0.15, 0.2) is 72.8 Å². The standard InChI is InChI=1S/C22H16ClN3OS2/c23-15-11-9-14(10-12-15)13-20(27)26-22(28)25-17-6-2-1-5-16(17)21-24-18-7-3-4-8-19(18)29-21/h1-12H,13H2,(H2,25,26,27,28). The van der Waals surface area contributed by atoms with Crippen LogP contribution in [0.2, 0.25) is 5.02 Å². The van der Waals surface area contributed by atoms with Gasteiger partial charge < -0.3 is 10.6 Å². The number of amides is 1. The minimum atomic E-state index is -0.192. The van der Waals surface area contributed by atoms with Crippen molar-refractivity contribution < 1.29 is 4.79 Å². The molecule has 0 atom stereocenters. The van der Waals surface area contributed by atoms with Crippen molar-refractivity contribution in [2.75, 3.05) is 5.32 Å². The molecule has 0 aliphatic rings. The fraction of sp³-hybridized carbons (Fsp3) is 0.0455. The summed E-state index contributed by atoms with van der Waals surface area (Å²) in [7, 11) is 0. The van der Waals surface area contributed by atoms with E-state index in [0.717, 1.165) is 32.0 Å². The largest absolute Gasteiger partial charge is 0.332 e. The predicted octanol–water partition coefficient (Wildman–Crippen LogP) is 5.67. The number of halogens is 1. The average Bonchev–Trinajstić information content (AvgIpc) is 3.14. The maximum atomic E-state index is 12.3. The number of anilines is 1. The quantitative estimate of drug-likeness (QED) is 0.404. The SMILES string of the molecule is O=C(Cc1ccc(Cl)cc1)NC(=S)Nc1ccccc1-c1nc2ccccc2s1. The zero-order chi connectivity index (χ0) is 20.2. The van der Waals surface area contributed by atoms with Gasteiger partial charge in [0.1, 0.15) is 5.01 Å². The summed E-state index contributed by atoms with van der Waals surface area (Å²) in [6.07, 6.45) is 0.221. The monoisotopic (exact) mass is 437 g/mol. The van der Waals surface area contributed by atoms with Crippen molar-refractivity contribution in [3.63, 3.8) is 0 Å². The molecule has 0 spiro atoms. The third-order valence-corrected chi connectivity index (χ3v) is 5.76. The predicted molar refractivity (Wildman–Crippen MR) is 125 cm³/mol. The molecule has 0 radical (unpaired) electrons. The van der Waals surface area contributed by atoms with Gasteiger partial charge in [-0.3, -0.25) is 4.79 Å². The molecule has 0 unspecified atom stereocenters. The van der Waals surface area contributed by atoms with Crippen molar-refractivity contribution in [2.24, 2.45) is 0 Å². The van der Waals surface area contributed by atoms with E-state index in [4.69, 9.17) is 28.8 Å². The number of hydrogen-bond donors (Lipinski definition) is 2. The van der Waals surface area contributed by atoms with Gasteiger partial charge in [0.05, 0.1) is 22.3 Å². The highest BCUT2D eigenvalue weighted by atomic mass is 35.5. The highest BCUT2D eigenvalue weighted by Gasteiger charge is 2.12. The van der Waals surface area contributed by atoms with E-state index in [9.17, 15) is 4.79 Å². The lowest BCUT2D eigenvalue weighted by atomic mass is 10.1. The van der Waals surface area contributed by atoms with Crippen LogP contribution in [-0.2, 0) is 11.2 Å². The highest BCUT2D eigenvalue weighted by Crippen LogP contribution is 2.34. The molecular formula is C22H16ClN3OS2. The van der Waals surface area contributed by atoms with E-state index < -0.39 is 0 Å². The van der Waals surface area contributed by atoms with Gasteiger partial charge in [-0.2, -0.15) is 0 Å². The van der Waals surface area contributed by atoms with Gasteiger partial charge >= 0.3 is 0 Å². The molecule has 7 heteroatoms. The second kappa shape index (κ2) is 8.69. The second-order valence-corrected chi connectivity index (χ2v) is 8.21. The first kappa shape index (κ1) is 19.5. The summed E-state index contributed by atoms with van der Waals surface area (Å²) in [5.74, 6) is -0.192. The van der Waals surface area contributed by atoms with Crippen molar-refractivity contribution >= 4 is 62.1 Å². The first-order chi connectivity index (χ1) is 14.1. The van der Waals surface area contributed by atoms with Gasteiger partial charge in [0.15, 0.2) is 5.11 Å². The molecule has 0 saturated carbocycles. The van der Waals surface area contributed by atoms with Gasteiger partial charge in [0.2, 0.25) is 5.91 Å². The van der Waals surface area contributed by atoms with Crippen LogP contribution < -0.4 is 10.6 Å². The Kier molecular flexibility index (Phi) is 5.85. The first-order valence-corrected chi connectivity index (χ1v) is 10.5. The van der Waals surface area contributed by atoms with Gasteiger partial charge in [0, 0.05) is 10.6 Å². The maximum Gasteiger partial charge on any atom is 0.230 e. The van der Waals surface area contributed by atoms with Crippen molar-refractivity contribution in [3.05, 3.63) is 83.4 Å². The van der Waals surface area contributed by atoms with Crippen molar-refractivity contribution in [2.45, 2.75) is 6.42 Å². The lowest BCUT2D eigenvalue weighted by Crippen LogP contribution is -2.35. The number of nitrogens with zero attached hydrogens (tertiary/aromatic N) is 1. The molecule has 0 aliphatic carbocycles. The van der Waals surface area contributed by atoms with Crippen molar-refractivity contribution in [1.82, 2.24) is 10.3 Å². The molecule has 0 bridgehead atoms. The summed E-state index contributed by atoms with van der Waals surface area (Å²) < 4.78 is 1.12. The molecule has 1 heterocycles. The Morgan fingerprint density at radius 1 is 1.00 bits per heavy atom. The third-order valence-electron chi connectivity index (χ3n) is 4.23. The normalized spacial score (nSPS) is 10.7. The van der Waals surface area contributed by atoms with E-state index in [-0.39, 0.29) is 17.4 Å². The number of thiazole rings is 1. The van der Waals surface area contributed by atoms with E-state index in [2.05, 4.69) is 10.6 Å². The molecule has 4 rings (SSSR count). The summed E-state index contributed by atoms with van der Waals surface area (Å²) in [6.45, 7) is 0. The fourth-order valence-corrected chi connectivity index (χ4v) is 4.23. The van der Waals surface area contributed by atoms with Gasteiger partial charge in [0.25, 0.3) is 0 Å². The minimum absolute atomic E-state index is 0.192. The number of para-hydroxylation sites is 2. The molecule has 0 fully saturated rings. The summed E-state index contributed by atoms with van der Waals surface area (Å²) in [6, 6.07) is 22.9. The average molecular weight is 438 g/mol. The van der Waals surface area contributed by atoms with Crippen LogP contribution in [0.5, 0.6) is 0 Å². The molecule has 4 nitrogen and oxygen atoms in total. The Labute approximate surface area is 182 Å². The molecule has 1 aromatic heterocycles. The number of nitrogens with one attached hydrogen (secondary N) is 2. The van der Waals surface area contributed by atoms with Crippen LogP contribution in [0.4, 0.5) is 5.69 Å². The van der Waals surface area contributed by atoms with Gasteiger partial charge in [-0.15, -0.1) is 11.3 Å². The molecule has 144 valence electrons. The summed E-state index contributed by atoms with van der Waals surface area (Å²) >= 11 is 12.8. The number of benzene rings is 3. The Morgan fingerprint density at radius 3 is 2.52 bits per heavy atom. The molecule has 4 aromatic rings. The van der Waals surface area contributed by atoms with Crippen LogP contribution in [-0.4, -0.2) is 16.0 Å². The Hall–Kier alpha value is -2.80. The van der Waals surface area contributed by atoms with Crippen molar-refractivity contribution in [1.29, 1.82) is 0 Å². The van der Waals surface area contributed by atoms with Crippen LogP contribution in [0.1, 0.15) is 5.56 Å². The lowest BCUT2D eigenvalue weighted by Gasteiger charge is -2.12. The Bertz CT molecular complexity index is 1160. The summed E-state index contributed by atoms with van der Waals surface area (Å²) in [5, 5.41) is 7.63. The van der Waals surface area contributed by atoms with Crippen LogP contribution in [0.3, 0.4) is 0 Å². The number of hydrogen-bond acceptors (Lipinski definition) is 4. The minimum Gasteiger partial charge on any atom is -0.332 e. The summed E-state index contributed by atoms with van der Waals surface area (Å²) in [5.41, 5.74) is 3.55. The van der Waals surface area contributed by atoms with Gasteiger partial charge in [-0.1, -0.05) is 48.0 Å². The Balaban J connectivity index is 1.47. The van der Waals surface area contributed by atoms with Gasteiger partial charge in [-0.25, -0.2) is 4.98 Å². The molecule has 1 amide bonds. The van der Waals surface area contributed by atoms with E-state index in [0.29, 0.717) is 5.02 Å². The number of carbonyl (C=O) groups is 1. The molecule has 3 aromatic carbocycles. The first-order valence-electron chi connectivity index (χ1n) is 8.89. The van der Waals surface area contributed by atoms with E-state index >= 15 is 0 Å². The second-order valence-electron chi connectivity index (χ2n) is 6.34. The highest BCUT2D eigenvalue weighted by molar-refractivity contribution is 7.80. The molecule has 0 saturated heterocycles. The van der Waals surface area contributed by atoms with E-state index in [1.54, 1.807) is 23.5 Å². The Morgan fingerprint density at radius 2 is 1.72 bits per heavy atom. The lowest BCUT2D eigenvalue weighted by molar-refractivity contribution is -0.119. The van der Waals surface area contributed by atoms with E-state index in [1.807, 2.05) is 60.7 Å². The van der Waals surface area contributed by atoms with Gasteiger partial charge in [-0.05, 0) is 54.2 Å². The number of aromatic nitrogens is 1. The zero-order valence-corrected chi connectivity index (χ0v) is 17.6. The summed E-state index contributed by atoms with van der Waals surface area (Å²) in [4.78, 5) is 17.0. The third kappa shape index (κ3) is 4.79. The fourth-order valence-electron chi connectivity index (χ4n) is 2.88. The number of carbonyl (C=O) groups excluding carboxylic acids is 1. The molecular weight excluding hydrogens is 422 g/mol. The molecule has 29 heavy (non-hydrogen) atoms. The number of rotatable bonds is 4. The van der Waals surface area contributed by atoms with Crippen molar-refractivity contribution in [3.8, 4) is 10.6 Å². The zero-order valence-electron chi connectivity index (χ0n) is 15.2. The smallest absolute Gasteiger partial charge is 0.230 e. The number of thiocarbonyl (C=S) groups is 1. The van der Waals surface area contributed by atoms with Crippen LogP contribution in [0.25, 0.3) is 20.8 Å². The molecule has 2 N–H and O–H groups in total.